The van der Waals surface area contributed by atoms with E-state index >= 15 is 0 Å². The van der Waals surface area contributed by atoms with Gasteiger partial charge in [0.05, 0.1) is 12.2 Å². The molecule has 1 atom stereocenters. The van der Waals surface area contributed by atoms with Gasteiger partial charge >= 0.3 is 6.09 Å². The van der Waals surface area contributed by atoms with Gasteiger partial charge in [-0.3, -0.25) is 4.79 Å². The number of aliphatic hydroxyl groups is 1. The number of likely N-dealkylation sites (tertiary alicyclic amines) is 1. The number of carbonyl (C=O) groups excluding carboxylic acids is 2. The summed E-state index contributed by atoms with van der Waals surface area (Å²) in [5.41, 5.74) is 2.37. The van der Waals surface area contributed by atoms with Gasteiger partial charge < -0.3 is 29.5 Å². The molecule has 3 aliphatic rings. The van der Waals surface area contributed by atoms with Crippen LogP contribution in [0.15, 0.2) is 42.5 Å². The molecule has 0 aromatic heterocycles. The Bertz CT molecular complexity index is 1140. The number of amides is 2. The van der Waals surface area contributed by atoms with Crippen LogP contribution in [0.3, 0.4) is 0 Å². The Morgan fingerprint density at radius 3 is 2.41 bits per heavy atom. The van der Waals surface area contributed by atoms with Gasteiger partial charge in [0.25, 0.3) is 5.91 Å². The first-order chi connectivity index (χ1) is 17.6. The van der Waals surface area contributed by atoms with Crippen LogP contribution in [0.1, 0.15) is 62.4 Å². The maximum absolute atomic E-state index is 12.3. The number of fused-ring (bicyclic) bond motifs is 1. The minimum absolute atomic E-state index is 0.179. The summed E-state index contributed by atoms with van der Waals surface area (Å²) in [5.74, 6) is 0.858. The number of nitrogens with zero attached hydrogens (tertiary/aromatic N) is 1. The Kier molecular flexibility index (Phi) is 6.89. The molecule has 8 heteroatoms. The van der Waals surface area contributed by atoms with Gasteiger partial charge in [-0.25, -0.2) is 4.79 Å². The second-order valence-electron chi connectivity index (χ2n) is 11.4. The van der Waals surface area contributed by atoms with Crippen LogP contribution in [0.25, 0.3) is 11.1 Å². The van der Waals surface area contributed by atoms with Crippen molar-refractivity contribution < 1.29 is 28.9 Å². The third-order valence-corrected chi connectivity index (χ3v) is 7.17. The van der Waals surface area contributed by atoms with Crippen LogP contribution in [0.5, 0.6) is 5.75 Å². The topological polar surface area (TPSA) is 97.3 Å². The van der Waals surface area contributed by atoms with Crippen LogP contribution in [-0.2, 0) is 16.1 Å². The maximum atomic E-state index is 12.3. The standard InChI is InChI=1S/C29H36N2O6/c1-28(2,3)37-27(33)31-14-10-21(11-15-31)26-35-17-23-16-22(8-9-24(23)36-26)19-4-6-20(7-5-19)25(32)30-18-29(34)12-13-29/h4-9,16,21,26,34H,10-15,17-18H2,1-3H3,(H,30,32). The van der Waals surface area contributed by atoms with E-state index in [-0.39, 0.29) is 24.2 Å². The number of piperidine rings is 1. The molecule has 2 aromatic rings. The fraction of sp³-hybridized carbons (Fsp3) is 0.517. The lowest BCUT2D eigenvalue weighted by atomic mass is 9.95. The fourth-order valence-electron chi connectivity index (χ4n) is 4.71. The molecule has 1 aliphatic carbocycles. The molecule has 1 unspecified atom stereocenters. The van der Waals surface area contributed by atoms with E-state index in [0.29, 0.717) is 31.8 Å². The SMILES string of the molecule is CC(C)(C)OC(=O)N1CCC(C2OCc3cc(-c4ccc(C(=O)NCC5(O)CC5)cc4)ccc3O2)CC1. The highest BCUT2D eigenvalue weighted by atomic mass is 16.7. The van der Waals surface area contributed by atoms with Gasteiger partial charge in [-0.2, -0.15) is 0 Å². The minimum Gasteiger partial charge on any atom is -0.464 e. The highest BCUT2D eigenvalue weighted by Crippen LogP contribution is 2.36. The van der Waals surface area contributed by atoms with Gasteiger partial charge in [0, 0.05) is 36.7 Å². The van der Waals surface area contributed by atoms with Crippen molar-refractivity contribution >= 4 is 12.0 Å². The van der Waals surface area contributed by atoms with E-state index in [1.165, 1.54) is 0 Å². The van der Waals surface area contributed by atoms with Crippen LogP contribution in [0.2, 0.25) is 0 Å². The third kappa shape index (κ3) is 6.25. The normalized spacial score (nSPS) is 21.0. The van der Waals surface area contributed by atoms with Crippen molar-refractivity contribution in [2.75, 3.05) is 19.6 Å². The number of benzene rings is 2. The summed E-state index contributed by atoms with van der Waals surface area (Å²) >= 11 is 0. The van der Waals surface area contributed by atoms with E-state index in [0.717, 1.165) is 48.1 Å². The lowest BCUT2D eigenvalue weighted by molar-refractivity contribution is -0.149. The number of nitrogens with one attached hydrogen (secondary N) is 1. The summed E-state index contributed by atoms with van der Waals surface area (Å²) in [7, 11) is 0. The number of carbonyl (C=O) groups is 2. The highest BCUT2D eigenvalue weighted by molar-refractivity contribution is 5.94. The molecule has 198 valence electrons. The van der Waals surface area contributed by atoms with E-state index in [4.69, 9.17) is 14.2 Å². The summed E-state index contributed by atoms with van der Waals surface area (Å²) < 4.78 is 17.8. The van der Waals surface area contributed by atoms with Gasteiger partial charge in [-0.05, 0) is 81.8 Å². The minimum atomic E-state index is -0.709. The first kappa shape index (κ1) is 25.5. The molecule has 2 aromatic carbocycles. The van der Waals surface area contributed by atoms with Crippen molar-refractivity contribution in [3.63, 3.8) is 0 Å². The van der Waals surface area contributed by atoms with Crippen molar-refractivity contribution in [3.8, 4) is 16.9 Å². The molecule has 8 nitrogen and oxygen atoms in total. The van der Waals surface area contributed by atoms with Crippen LogP contribution < -0.4 is 10.1 Å². The molecular weight excluding hydrogens is 472 g/mol. The molecule has 37 heavy (non-hydrogen) atoms. The molecule has 2 fully saturated rings. The first-order valence-corrected chi connectivity index (χ1v) is 13.1. The Morgan fingerprint density at radius 1 is 1.08 bits per heavy atom. The Labute approximate surface area is 217 Å². The molecule has 2 N–H and O–H groups in total. The molecule has 5 rings (SSSR count). The number of rotatable bonds is 5. The number of ether oxygens (including phenoxy) is 3. The van der Waals surface area contributed by atoms with Gasteiger partial charge in [0.1, 0.15) is 11.4 Å². The van der Waals surface area contributed by atoms with Crippen molar-refractivity contribution in [3.05, 3.63) is 53.6 Å². The van der Waals surface area contributed by atoms with Gasteiger partial charge in [-0.1, -0.05) is 18.2 Å². The summed E-state index contributed by atoms with van der Waals surface area (Å²) in [6.45, 7) is 7.64. The maximum Gasteiger partial charge on any atom is 0.410 e. The highest BCUT2D eigenvalue weighted by Gasteiger charge is 2.40. The Balaban J connectivity index is 1.16. The van der Waals surface area contributed by atoms with E-state index in [2.05, 4.69) is 11.4 Å². The van der Waals surface area contributed by atoms with E-state index in [1.807, 2.05) is 45.0 Å². The second kappa shape index (κ2) is 9.99. The lowest BCUT2D eigenvalue weighted by Crippen LogP contribution is -2.45. The average Bonchev–Trinajstić information content (AvgIpc) is 3.63. The zero-order valence-corrected chi connectivity index (χ0v) is 21.8. The van der Waals surface area contributed by atoms with E-state index < -0.39 is 11.2 Å². The summed E-state index contributed by atoms with van der Waals surface area (Å²) in [5, 5.41) is 12.7. The lowest BCUT2D eigenvalue weighted by Gasteiger charge is -2.38. The predicted octanol–water partition coefficient (Wildman–Crippen LogP) is 4.49. The molecule has 1 saturated carbocycles. The summed E-state index contributed by atoms with van der Waals surface area (Å²) in [4.78, 5) is 26.4. The zero-order valence-electron chi connectivity index (χ0n) is 21.8. The van der Waals surface area contributed by atoms with Crippen molar-refractivity contribution in [2.45, 2.75) is 70.6 Å². The largest absolute Gasteiger partial charge is 0.464 e. The Morgan fingerprint density at radius 2 is 1.76 bits per heavy atom. The van der Waals surface area contributed by atoms with Gasteiger partial charge in [-0.15, -0.1) is 0 Å². The quantitative estimate of drug-likeness (QED) is 0.618. The van der Waals surface area contributed by atoms with Gasteiger partial charge in [0.15, 0.2) is 0 Å². The van der Waals surface area contributed by atoms with Crippen LogP contribution >= 0.6 is 0 Å². The van der Waals surface area contributed by atoms with Crippen LogP contribution in [0, 0.1) is 5.92 Å². The van der Waals surface area contributed by atoms with E-state index in [9.17, 15) is 14.7 Å². The molecule has 2 heterocycles. The summed E-state index contributed by atoms with van der Waals surface area (Å²) in [6.07, 6.45) is 2.50. The molecule has 0 spiro atoms. The number of hydrogen-bond acceptors (Lipinski definition) is 6. The zero-order chi connectivity index (χ0) is 26.2. The molecule has 2 aliphatic heterocycles. The smallest absolute Gasteiger partial charge is 0.410 e. The third-order valence-electron chi connectivity index (χ3n) is 7.17. The number of hydrogen-bond donors (Lipinski definition) is 2. The van der Waals surface area contributed by atoms with Crippen LogP contribution in [0.4, 0.5) is 4.79 Å². The first-order valence-electron chi connectivity index (χ1n) is 13.1. The molecule has 1 saturated heterocycles. The van der Waals surface area contributed by atoms with Gasteiger partial charge in [0.2, 0.25) is 6.29 Å². The van der Waals surface area contributed by atoms with Crippen LogP contribution in [-0.4, -0.2) is 59.1 Å². The monoisotopic (exact) mass is 508 g/mol. The molecular formula is C29H36N2O6. The van der Waals surface area contributed by atoms with Crippen molar-refractivity contribution in [1.82, 2.24) is 10.2 Å². The average molecular weight is 509 g/mol. The molecule has 2 amide bonds. The molecule has 0 radical (unpaired) electrons. The molecule has 0 bridgehead atoms. The fourth-order valence-corrected chi connectivity index (χ4v) is 4.71. The van der Waals surface area contributed by atoms with E-state index in [1.54, 1.807) is 17.0 Å². The summed E-state index contributed by atoms with van der Waals surface area (Å²) in [6, 6.07) is 13.5. The van der Waals surface area contributed by atoms with Crippen molar-refractivity contribution in [1.29, 1.82) is 0 Å². The second-order valence-corrected chi connectivity index (χ2v) is 11.4. The predicted molar refractivity (Wildman–Crippen MR) is 138 cm³/mol. The van der Waals surface area contributed by atoms with Crippen molar-refractivity contribution in [2.24, 2.45) is 5.92 Å². The Hall–Kier alpha value is -3.10.